The molecule has 2 aromatic rings. The molecular formula is C15H22N5+. The van der Waals surface area contributed by atoms with Gasteiger partial charge in [0.05, 0.1) is 19.6 Å². The van der Waals surface area contributed by atoms with Crippen LogP contribution in [0.15, 0.2) is 30.3 Å². The van der Waals surface area contributed by atoms with Gasteiger partial charge in [-0.3, -0.25) is 0 Å². The number of aromatic nitrogens is 4. The Morgan fingerprint density at radius 2 is 2.15 bits per heavy atom. The molecular weight excluding hydrogens is 250 g/mol. The molecule has 1 aromatic carbocycles. The van der Waals surface area contributed by atoms with Gasteiger partial charge in [-0.05, 0) is 28.8 Å². The van der Waals surface area contributed by atoms with Crippen LogP contribution in [0.25, 0.3) is 0 Å². The van der Waals surface area contributed by atoms with Crippen molar-refractivity contribution >= 4 is 0 Å². The standard InChI is InChI=1S/C15H21N5/c1-13-6-5-9-19(10-13)12-15-16-17-18-20(15)11-14-7-3-2-4-8-14/h2-4,7-8,13H,5-6,9-12H2,1H3/p+1/t13-/m1/s1. The van der Waals surface area contributed by atoms with Crippen LogP contribution in [0.2, 0.25) is 0 Å². The lowest BCUT2D eigenvalue weighted by Crippen LogP contribution is -3.12. The zero-order chi connectivity index (χ0) is 13.8. The number of piperidine rings is 1. The van der Waals surface area contributed by atoms with E-state index in [4.69, 9.17) is 0 Å². The Labute approximate surface area is 119 Å². The number of benzene rings is 1. The van der Waals surface area contributed by atoms with Gasteiger partial charge in [0, 0.05) is 5.92 Å². The number of rotatable bonds is 4. The predicted molar refractivity (Wildman–Crippen MR) is 76.2 cm³/mol. The van der Waals surface area contributed by atoms with Crippen LogP contribution in [0, 0.1) is 5.92 Å². The van der Waals surface area contributed by atoms with Crippen molar-refractivity contribution in [1.82, 2.24) is 20.2 Å². The minimum atomic E-state index is 0.756. The number of nitrogens with one attached hydrogen (secondary N) is 1. The smallest absolute Gasteiger partial charge is 0.206 e. The molecule has 5 nitrogen and oxygen atoms in total. The van der Waals surface area contributed by atoms with Crippen molar-refractivity contribution in [3.63, 3.8) is 0 Å². The molecule has 106 valence electrons. The van der Waals surface area contributed by atoms with Crippen LogP contribution in [0.4, 0.5) is 0 Å². The molecule has 1 aliphatic rings. The van der Waals surface area contributed by atoms with Crippen LogP contribution in [0.1, 0.15) is 31.2 Å². The summed E-state index contributed by atoms with van der Waals surface area (Å²) >= 11 is 0. The fraction of sp³-hybridized carbons (Fsp3) is 0.533. The number of hydrogen-bond acceptors (Lipinski definition) is 3. The number of likely N-dealkylation sites (tertiary alicyclic amines) is 1. The lowest BCUT2D eigenvalue weighted by Gasteiger charge is -2.27. The Hall–Kier alpha value is -1.75. The molecule has 1 fully saturated rings. The van der Waals surface area contributed by atoms with E-state index in [-0.39, 0.29) is 0 Å². The molecule has 5 heteroatoms. The maximum absolute atomic E-state index is 4.21. The zero-order valence-electron chi connectivity index (χ0n) is 12.0. The number of hydrogen-bond donors (Lipinski definition) is 1. The Morgan fingerprint density at radius 1 is 1.30 bits per heavy atom. The second kappa shape index (κ2) is 6.13. The first kappa shape index (κ1) is 13.2. The van der Waals surface area contributed by atoms with Crippen molar-refractivity contribution in [2.75, 3.05) is 13.1 Å². The van der Waals surface area contributed by atoms with Crippen LogP contribution in [0.5, 0.6) is 0 Å². The van der Waals surface area contributed by atoms with Crippen LogP contribution >= 0.6 is 0 Å². The van der Waals surface area contributed by atoms with Gasteiger partial charge in [-0.1, -0.05) is 37.3 Å². The molecule has 0 aliphatic carbocycles. The van der Waals surface area contributed by atoms with Gasteiger partial charge in [-0.25, -0.2) is 4.68 Å². The second-order valence-corrected chi connectivity index (χ2v) is 5.87. The molecule has 0 bridgehead atoms. The van der Waals surface area contributed by atoms with E-state index in [0.29, 0.717) is 0 Å². The molecule has 1 unspecified atom stereocenters. The highest BCUT2D eigenvalue weighted by atomic mass is 15.5. The average Bonchev–Trinajstić information content (AvgIpc) is 2.87. The summed E-state index contributed by atoms with van der Waals surface area (Å²) in [6, 6.07) is 10.4. The molecule has 2 heterocycles. The Kier molecular flexibility index (Phi) is 4.06. The summed E-state index contributed by atoms with van der Waals surface area (Å²) in [6.07, 6.45) is 2.68. The van der Waals surface area contributed by atoms with E-state index in [2.05, 4.69) is 46.7 Å². The number of tetrazole rings is 1. The third-order valence-electron chi connectivity index (χ3n) is 4.05. The third-order valence-corrected chi connectivity index (χ3v) is 4.05. The van der Waals surface area contributed by atoms with Gasteiger partial charge in [-0.2, -0.15) is 0 Å². The number of quaternary nitrogens is 1. The molecule has 0 saturated carbocycles. The molecule has 0 spiro atoms. The zero-order valence-corrected chi connectivity index (χ0v) is 12.0. The van der Waals surface area contributed by atoms with Gasteiger partial charge >= 0.3 is 0 Å². The quantitative estimate of drug-likeness (QED) is 0.883. The van der Waals surface area contributed by atoms with Crippen molar-refractivity contribution in [3.8, 4) is 0 Å². The first-order valence-corrected chi connectivity index (χ1v) is 7.44. The Morgan fingerprint density at radius 3 is 2.95 bits per heavy atom. The van der Waals surface area contributed by atoms with Gasteiger partial charge in [0.2, 0.25) is 5.82 Å². The SMILES string of the molecule is C[C@@H]1CCC[NH+](Cc2nnnn2Cc2ccccc2)C1. The molecule has 2 atom stereocenters. The largest absolute Gasteiger partial charge is 0.328 e. The highest BCUT2D eigenvalue weighted by molar-refractivity contribution is 5.14. The maximum atomic E-state index is 4.21. The molecule has 1 saturated heterocycles. The molecule has 1 N–H and O–H groups in total. The van der Waals surface area contributed by atoms with Crippen molar-refractivity contribution in [1.29, 1.82) is 0 Å². The first-order chi connectivity index (χ1) is 9.81. The van der Waals surface area contributed by atoms with Crippen LogP contribution in [-0.2, 0) is 13.1 Å². The van der Waals surface area contributed by atoms with E-state index in [0.717, 1.165) is 24.8 Å². The Bertz CT molecular complexity index is 536. The highest BCUT2D eigenvalue weighted by Gasteiger charge is 2.22. The van der Waals surface area contributed by atoms with Gasteiger partial charge in [0.15, 0.2) is 0 Å². The van der Waals surface area contributed by atoms with Gasteiger partial charge < -0.3 is 4.90 Å². The van der Waals surface area contributed by atoms with E-state index < -0.39 is 0 Å². The summed E-state index contributed by atoms with van der Waals surface area (Å²) in [6.45, 7) is 6.50. The summed E-state index contributed by atoms with van der Waals surface area (Å²) in [5.74, 6) is 1.81. The minimum Gasteiger partial charge on any atom is -0.328 e. The van der Waals surface area contributed by atoms with Gasteiger partial charge in [-0.15, -0.1) is 5.10 Å². The van der Waals surface area contributed by atoms with E-state index >= 15 is 0 Å². The lowest BCUT2D eigenvalue weighted by molar-refractivity contribution is -0.922. The van der Waals surface area contributed by atoms with Crippen LogP contribution < -0.4 is 4.90 Å². The molecule has 1 aromatic heterocycles. The predicted octanol–water partition coefficient (Wildman–Crippen LogP) is 0.536. The summed E-state index contributed by atoms with van der Waals surface area (Å²) in [5.41, 5.74) is 1.24. The van der Waals surface area contributed by atoms with Gasteiger partial charge in [0.1, 0.15) is 6.54 Å². The van der Waals surface area contributed by atoms with Crippen molar-refractivity contribution in [2.24, 2.45) is 5.92 Å². The molecule has 0 radical (unpaired) electrons. The normalized spacial score (nSPS) is 22.9. The maximum Gasteiger partial charge on any atom is 0.206 e. The van der Waals surface area contributed by atoms with E-state index in [1.165, 1.54) is 31.5 Å². The fourth-order valence-corrected chi connectivity index (χ4v) is 3.01. The van der Waals surface area contributed by atoms with Crippen molar-refractivity contribution < 1.29 is 4.90 Å². The first-order valence-electron chi connectivity index (χ1n) is 7.44. The monoisotopic (exact) mass is 272 g/mol. The van der Waals surface area contributed by atoms with Crippen LogP contribution in [-0.4, -0.2) is 33.3 Å². The lowest BCUT2D eigenvalue weighted by atomic mass is 10.0. The molecule has 0 amide bonds. The summed E-state index contributed by atoms with van der Waals surface area (Å²) in [7, 11) is 0. The van der Waals surface area contributed by atoms with E-state index in [1.807, 2.05) is 10.7 Å². The van der Waals surface area contributed by atoms with Crippen molar-refractivity contribution in [2.45, 2.75) is 32.9 Å². The number of nitrogens with zero attached hydrogens (tertiary/aromatic N) is 4. The average molecular weight is 272 g/mol. The second-order valence-electron chi connectivity index (χ2n) is 5.87. The summed E-state index contributed by atoms with van der Waals surface area (Å²) in [4.78, 5) is 1.60. The fourth-order valence-electron chi connectivity index (χ4n) is 3.01. The molecule has 3 rings (SSSR count). The minimum absolute atomic E-state index is 0.756. The topological polar surface area (TPSA) is 48.0 Å². The van der Waals surface area contributed by atoms with Crippen LogP contribution in [0.3, 0.4) is 0 Å². The Balaban J connectivity index is 1.67. The highest BCUT2D eigenvalue weighted by Crippen LogP contribution is 2.06. The van der Waals surface area contributed by atoms with E-state index in [9.17, 15) is 0 Å². The van der Waals surface area contributed by atoms with Gasteiger partial charge in [0.25, 0.3) is 0 Å². The summed E-state index contributed by atoms with van der Waals surface area (Å²) in [5, 5.41) is 12.2. The molecule has 20 heavy (non-hydrogen) atoms. The van der Waals surface area contributed by atoms with E-state index in [1.54, 1.807) is 4.90 Å². The summed E-state index contributed by atoms with van der Waals surface area (Å²) < 4.78 is 1.93. The van der Waals surface area contributed by atoms with Crippen molar-refractivity contribution in [3.05, 3.63) is 41.7 Å². The third kappa shape index (κ3) is 3.22. The molecule has 1 aliphatic heterocycles.